The van der Waals surface area contributed by atoms with Crippen LogP contribution >= 0.6 is 0 Å². The Morgan fingerprint density at radius 2 is 1.86 bits per heavy atom. The maximum Gasteiger partial charge on any atom is 0.227 e. The highest BCUT2D eigenvalue weighted by Gasteiger charge is 2.36. The summed E-state index contributed by atoms with van der Waals surface area (Å²) < 4.78 is 24.1. The van der Waals surface area contributed by atoms with Crippen LogP contribution in [0.5, 0.6) is 11.5 Å². The van der Waals surface area contributed by atoms with E-state index in [-0.39, 0.29) is 30.1 Å². The van der Waals surface area contributed by atoms with Gasteiger partial charge in [0.2, 0.25) is 11.8 Å². The van der Waals surface area contributed by atoms with Crippen molar-refractivity contribution >= 4 is 17.5 Å². The highest BCUT2D eigenvalue weighted by molar-refractivity contribution is 6.00. The third kappa shape index (κ3) is 3.65. The number of hydrogen-bond donors (Lipinski definition) is 1. The summed E-state index contributed by atoms with van der Waals surface area (Å²) in [6.07, 6.45) is 0.149. The lowest BCUT2D eigenvalue weighted by molar-refractivity contribution is -0.126. The van der Waals surface area contributed by atoms with Crippen LogP contribution in [0, 0.1) is 11.7 Å². The molecule has 0 spiro atoms. The second-order valence-electron chi connectivity index (χ2n) is 7.02. The van der Waals surface area contributed by atoms with E-state index < -0.39 is 5.92 Å². The number of benzene rings is 2. The van der Waals surface area contributed by atoms with Crippen LogP contribution in [0.2, 0.25) is 0 Å². The van der Waals surface area contributed by atoms with Crippen LogP contribution in [0.3, 0.4) is 0 Å². The van der Waals surface area contributed by atoms with E-state index in [1.165, 1.54) is 12.1 Å². The molecule has 2 amide bonds. The molecule has 2 aromatic rings. The van der Waals surface area contributed by atoms with E-state index in [0.29, 0.717) is 36.9 Å². The molecule has 28 heavy (non-hydrogen) atoms. The summed E-state index contributed by atoms with van der Waals surface area (Å²) in [6.45, 7) is 3.11. The first-order valence-corrected chi connectivity index (χ1v) is 9.27. The Bertz CT molecular complexity index is 900. The van der Waals surface area contributed by atoms with Gasteiger partial charge in [-0.15, -0.1) is 0 Å². The van der Waals surface area contributed by atoms with E-state index in [1.54, 1.807) is 35.2 Å². The first-order chi connectivity index (χ1) is 13.5. The zero-order valence-corrected chi connectivity index (χ0v) is 15.5. The minimum atomic E-state index is -0.441. The van der Waals surface area contributed by atoms with Crippen molar-refractivity contribution in [2.75, 3.05) is 24.7 Å². The topological polar surface area (TPSA) is 67.9 Å². The summed E-state index contributed by atoms with van der Waals surface area (Å²) in [4.78, 5) is 26.7. The van der Waals surface area contributed by atoms with Gasteiger partial charge in [-0.2, -0.15) is 0 Å². The summed E-state index contributed by atoms with van der Waals surface area (Å²) in [7, 11) is 0. The van der Waals surface area contributed by atoms with Crippen molar-refractivity contribution < 1.29 is 23.5 Å². The molecule has 2 aromatic carbocycles. The van der Waals surface area contributed by atoms with Crippen molar-refractivity contribution in [3.63, 3.8) is 0 Å². The fourth-order valence-electron chi connectivity index (χ4n) is 3.50. The van der Waals surface area contributed by atoms with Crippen molar-refractivity contribution in [1.82, 2.24) is 5.32 Å². The average Bonchev–Trinajstić information content (AvgIpc) is 3.10. The average molecular weight is 384 g/mol. The van der Waals surface area contributed by atoms with E-state index in [0.717, 1.165) is 5.56 Å². The molecule has 1 saturated heterocycles. The Labute approximate surface area is 162 Å². The van der Waals surface area contributed by atoms with E-state index in [4.69, 9.17) is 9.47 Å². The molecule has 0 aromatic heterocycles. The van der Waals surface area contributed by atoms with Crippen LogP contribution in [-0.2, 0) is 9.59 Å². The van der Waals surface area contributed by atoms with Gasteiger partial charge in [-0.05, 0) is 36.8 Å². The lowest BCUT2D eigenvalue weighted by Crippen LogP contribution is -2.34. The zero-order chi connectivity index (χ0) is 19.7. The Balaban J connectivity index is 1.42. The molecule has 1 N–H and O–H groups in total. The molecule has 0 unspecified atom stereocenters. The van der Waals surface area contributed by atoms with E-state index >= 15 is 0 Å². The van der Waals surface area contributed by atoms with Crippen molar-refractivity contribution in [1.29, 1.82) is 0 Å². The SMILES string of the molecule is C[C@H](NC(=O)[C@H]1CC(=O)N(c2ccc3c(c2)OCCO3)C1)c1ccc(F)cc1. The van der Waals surface area contributed by atoms with Crippen molar-refractivity contribution in [2.24, 2.45) is 5.92 Å². The van der Waals surface area contributed by atoms with Gasteiger partial charge in [0.1, 0.15) is 19.0 Å². The van der Waals surface area contributed by atoms with Crippen molar-refractivity contribution in [3.8, 4) is 11.5 Å². The molecule has 2 atom stereocenters. The van der Waals surface area contributed by atoms with Crippen LogP contribution in [0.15, 0.2) is 42.5 Å². The van der Waals surface area contributed by atoms with E-state index in [9.17, 15) is 14.0 Å². The lowest BCUT2D eigenvalue weighted by Gasteiger charge is -2.22. The number of hydrogen-bond acceptors (Lipinski definition) is 4. The van der Waals surface area contributed by atoms with Crippen LogP contribution < -0.4 is 19.7 Å². The molecular weight excluding hydrogens is 363 g/mol. The number of amides is 2. The largest absolute Gasteiger partial charge is 0.486 e. The second-order valence-corrected chi connectivity index (χ2v) is 7.02. The number of ether oxygens (including phenoxy) is 2. The van der Waals surface area contributed by atoms with Gasteiger partial charge >= 0.3 is 0 Å². The number of rotatable bonds is 4. The third-order valence-electron chi connectivity index (χ3n) is 5.06. The fourth-order valence-corrected chi connectivity index (χ4v) is 3.50. The van der Waals surface area contributed by atoms with Gasteiger partial charge in [0.25, 0.3) is 0 Å². The molecule has 0 radical (unpaired) electrons. The highest BCUT2D eigenvalue weighted by atomic mass is 19.1. The minimum absolute atomic E-state index is 0.105. The number of carbonyl (C=O) groups excluding carboxylic acids is 2. The lowest BCUT2D eigenvalue weighted by atomic mass is 10.0. The summed E-state index contributed by atoms with van der Waals surface area (Å²) in [5.41, 5.74) is 1.50. The minimum Gasteiger partial charge on any atom is -0.486 e. The normalized spacial score (nSPS) is 19.4. The van der Waals surface area contributed by atoms with Gasteiger partial charge in [0, 0.05) is 24.7 Å². The smallest absolute Gasteiger partial charge is 0.227 e. The Hall–Kier alpha value is -3.09. The van der Waals surface area contributed by atoms with Crippen molar-refractivity contribution in [2.45, 2.75) is 19.4 Å². The zero-order valence-electron chi connectivity index (χ0n) is 15.5. The maximum atomic E-state index is 13.1. The molecule has 6 nitrogen and oxygen atoms in total. The number of nitrogens with zero attached hydrogens (tertiary/aromatic N) is 1. The van der Waals surface area contributed by atoms with Gasteiger partial charge in [-0.3, -0.25) is 9.59 Å². The highest BCUT2D eigenvalue weighted by Crippen LogP contribution is 2.36. The number of fused-ring (bicyclic) bond motifs is 1. The standard InChI is InChI=1S/C21H21FN2O4/c1-13(14-2-4-16(22)5-3-14)23-21(26)15-10-20(25)24(12-15)17-6-7-18-19(11-17)28-9-8-27-18/h2-7,11,13,15H,8-10,12H2,1H3,(H,23,26)/t13-,15-/m0/s1. The molecule has 4 rings (SSSR count). The number of nitrogens with one attached hydrogen (secondary N) is 1. The summed E-state index contributed by atoms with van der Waals surface area (Å²) in [6, 6.07) is 11.1. The maximum absolute atomic E-state index is 13.1. The first kappa shape index (κ1) is 18.3. The molecule has 0 aliphatic carbocycles. The second kappa shape index (κ2) is 7.50. The summed E-state index contributed by atoms with van der Waals surface area (Å²) >= 11 is 0. The van der Waals surface area contributed by atoms with E-state index in [2.05, 4.69) is 5.32 Å². The fraction of sp³-hybridized carbons (Fsp3) is 0.333. The van der Waals surface area contributed by atoms with Crippen LogP contribution in [-0.4, -0.2) is 31.6 Å². The predicted octanol–water partition coefficient (Wildman–Crippen LogP) is 2.83. The molecule has 0 saturated carbocycles. The predicted molar refractivity (Wildman–Crippen MR) is 101 cm³/mol. The Morgan fingerprint density at radius 1 is 1.14 bits per heavy atom. The third-order valence-corrected chi connectivity index (χ3v) is 5.06. The number of carbonyl (C=O) groups is 2. The van der Waals surface area contributed by atoms with Gasteiger partial charge in [0.05, 0.1) is 12.0 Å². The quantitative estimate of drug-likeness (QED) is 0.880. The monoisotopic (exact) mass is 384 g/mol. The van der Waals surface area contributed by atoms with Gasteiger partial charge in [0.15, 0.2) is 11.5 Å². The van der Waals surface area contributed by atoms with Gasteiger partial charge in [-0.25, -0.2) is 4.39 Å². The first-order valence-electron chi connectivity index (χ1n) is 9.27. The van der Waals surface area contributed by atoms with Crippen LogP contribution in [0.1, 0.15) is 24.9 Å². The number of halogens is 1. The Morgan fingerprint density at radius 3 is 2.61 bits per heavy atom. The van der Waals surface area contributed by atoms with Gasteiger partial charge < -0.3 is 19.7 Å². The molecule has 1 fully saturated rings. The summed E-state index contributed by atoms with van der Waals surface area (Å²) in [5, 5.41) is 2.92. The van der Waals surface area contributed by atoms with Gasteiger partial charge in [-0.1, -0.05) is 12.1 Å². The molecule has 7 heteroatoms. The van der Waals surface area contributed by atoms with Crippen molar-refractivity contribution in [3.05, 3.63) is 53.8 Å². The molecule has 2 aliphatic rings. The molecule has 2 aliphatic heterocycles. The molecular formula is C21H21FN2O4. The van der Waals surface area contributed by atoms with Crippen LogP contribution in [0.25, 0.3) is 0 Å². The molecule has 0 bridgehead atoms. The number of anilines is 1. The molecule has 2 heterocycles. The molecule has 146 valence electrons. The van der Waals surface area contributed by atoms with E-state index in [1.807, 2.05) is 6.92 Å². The Kier molecular flexibility index (Phi) is 4.90. The van der Waals surface area contributed by atoms with Crippen LogP contribution in [0.4, 0.5) is 10.1 Å². The summed E-state index contributed by atoms with van der Waals surface area (Å²) in [5.74, 6) is 0.206.